The van der Waals surface area contributed by atoms with E-state index in [2.05, 4.69) is 150 Å². The number of benzene rings is 1. The third-order valence-corrected chi connectivity index (χ3v) is 64.7. The van der Waals surface area contributed by atoms with E-state index >= 15 is 0 Å². The van der Waals surface area contributed by atoms with Gasteiger partial charge in [0.1, 0.15) is 0 Å². The lowest BCUT2D eigenvalue weighted by Crippen LogP contribution is -2.85. The van der Waals surface area contributed by atoms with Gasteiger partial charge in [-0.1, -0.05) is 133 Å². The molecule has 17 heteroatoms. The fraction of sp³-hybridized carbons (Fsp3) is 0.727. The van der Waals surface area contributed by atoms with Crippen molar-refractivity contribution in [2.45, 2.75) is 162 Å². The summed E-state index contributed by atoms with van der Waals surface area (Å²) in [6.45, 7) is 33.0. The van der Waals surface area contributed by atoms with Crippen LogP contribution >= 0.6 is 11.3 Å². The van der Waals surface area contributed by atoms with Crippen LogP contribution in [0.4, 0.5) is 0 Å². The molecule has 0 aliphatic carbocycles. The Hall–Kier alpha value is 0.0751. The fourth-order valence-electron chi connectivity index (χ4n) is 12.0. The maximum atomic E-state index is 8.46. The van der Waals surface area contributed by atoms with Crippen LogP contribution < -0.4 is 0 Å². The Morgan fingerprint density at radius 2 is 0.738 bits per heavy atom. The Bertz CT molecular complexity index is 1670. The number of thiophene rings is 1. The molecular formula is C44H80O8SSi8. The van der Waals surface area contributed by atoms with Gasteiger partial charge in [-0.05, 0) is 112 Å². The number of hydrogen-bond acceptors (Lipinski definition) is 9. The summed E-state index contributed by atoms with van der Waals surface area (Å²) in [7, 11) is -25.6. The van der Waals surface area contributed by atoms with Crippen molar-refractivity contribution in [2.75, 3.05) is 0 Å². The Kier molecular flexibility index (Phi) is 14.7. The fourth-order valence-corrected chi connectivity index (χ4v) is 85.1. The van der Waals surface area contributed by atoms with Gasteiger partial charge < -0.3 is 32.9 Å². The van der Waals surface area contributed by atoms with Crippen molar-refractivity contribution in [1.29, 1.82) is 0 Å². The first kappa shape index (κ1) is 49.0. The predicted octanol–water partition coefficient (Wildman–Crippen LogP) is 13.5. The molecule has 6 fully saturated rings. The third kappa shape index (κ3) is 11.3. The SMILES string of the molecule is CC(C)C[Si]12C[Si]3(CC(C)C)O[Si]4(CC(C)C)C[Si]5(CC(C)C)O[Si](CC(C)C)(C[Si](/C=C/c6ccc(-c7cccs7)cc6)(O1)O4)O[Si](CC(C)C)(C[Si](CC(C)C)(O3)O5)O2. The molecule has 8 nitrogen and oxygen atoms in total. The van der Waals surface area contributed by atoms with Gasteiger partial charge in [-0.25, -0.2) is 0 Å². The van der Waals surface area contributed by atoms with Gasteiger partial charge in [0.15, 0.2) is 0 Å². The second-order valence-electron chi connectivity index (χ2n) is 22.8. The number of rotatable bonds is 17. The van der Waals surface area contributed by atoms with Crippen LogP contribution in [0.25, 0.3) is 16.5 Å². The normalized spacial score (nSPS) is 37.5. The highest BCUT2D eigenvalue weighted by Gasteiger charge is 2.78. The lowest BCUT2D eigenvalue weighted by Gasteiger charge is -2.66. The zero-order valence-electron chi connectivity index (χ0n) is 40.2. The molecule has 1 aromatic carbocycles. The molecule has 8 bridgehead atoms. The van der Waals surface area contributed by atoms with Crippen LogP contribution in [-0.2, 0) is 32.9 Å². The van der Waals surface area contributed by atoms with Crippen molar-refractivity contribution in [3.63, 3.8) is 0 Å². The quantitative estimate of drug-likeness (QED) is 0.145. The molecule has 0 amide bonds. The van der Waals surface area contributed by atoms with Gasteiger partial charge in [0, 0.05) is 27.5 Å². The molecule has 6 aliphatic heterocycles. The van der Waals surface area contributed by atoms with Crippen LogP contribution in [0.15, 0.2) is 47.5 Å². The molecule has 0 N–H and O–H groups in total. The maximum absolute atomic E-state index is 8.46. The van der Waals surface area contributed by atoms with E-state index in [4.69, 9.17) is 32.9 Å². The van der Waals surface area contributed by atoms with Crippen LogP contribution in [0.1, 0.15) is 102 Å². The molecule has 2 aromatic rings. The first-order valence-electron chi connectivity index (χ1n) is 23.9. The largest absolute Gasteiger partial charge is 0.415 e. The molecule has 342 valence electrons. The molecular weight excluding hydrogens is 913 g/mol. The van der Waals surface area contributed by atoms with E-state index in [9.17, 15) is 0 Å². The van der Waals surface area contributed by atoms with Crippen molar-refractivity contribution in [2.24, 2.45) is 41.4 Å². The zero-order chi connectivity index (χ0) is 44.3. The van der Waals surface area contributed by atoms with E-state index in [0.717, 1.165) is 64.9 Å². The van der Waals surface area contributed by atoms with E-state index in [1.807, 2.05) is 0 Å². The summed E-state index contributed by atoms with van der Waals surface area (Å²) in [4.78, 5) is 1.28. The molecule has 61 heavy (non-hydrogen) atoms. The molecule has 6 aliphatic rings. The zero-order valence-corrected chi connectivity index (χ0v) is 49.0. The minimum Gasteiger partial charge on any atom is -0.415 e. The van der Waals surface area contributed by atoms with Gasteiger partial charge in [0.25, 0.3) is 0 Å². The Balaban J connectivity index is 1.56. The second-order valence-corrected chi connectivity index (χ2v) is 53.5. The highest BCUT2D eigenvalue weighted by atomic mass is 32.1. The monoisotopic (exact) mass is 992 g/mol. The van der Waals surface area contributed by atoms with Crippen molar-refractivity contribution in [3.05, 3.63) is 53.0 Å². The van der Waals surface area contributed by atoms with Gasteiger partial charge in [0.05, 0.1) is 0 Å². The first-order chi connectivity index (χ1) is 28.4. The molecule has 0 spiro atoms. The maximum Gasteiger partial charge on any atom is 0.349 e. The summed E-state index contributed by atoms with van der Waals surface area (Å²) in [6.07, 6.45) is 2.31. The van der Waals surface area contributed by atoms with E-state index < -0.39 is 68.5 Å². The Labute approximate surface area is 383 Å². The van der Waals surface area contributed by atoms with Crippen molar-refractivity contribution in [1.82, 2.24) is 0 Å². The third-order valence-electron chi connectivity index (χ3n) is 12.4. The molecule has 8 rings (SSSR count). The predicted molar refractivity (Wildman–Crippen MR) is 270 cm³/mol. The molecule has 7 heterocycles. The molecule has 1 aromatic heterocycles. The molecule has 0 saturated carbocycles. The van der Waals surface area contributed by atoms with Crippen molar-refractivity contribution < 1.29 is 32.9 Å². The van der Waals surface area contributed by atoms with Gasteiger partial charge in [-0.15, -0.1) is 11.3 Å². The van der Waals surface area contributed by atoms with Gasteiger partial charge in [-0.3, -0.25) is 0 Å². The van der Waals surface area contributed by atoms with Gasteiger partial charge >= 0.3 is 68.5 Å². The van der Waals surface area contributed by atoms with Crippen LogP contribution in [-0.4, -0.2) is 68.5 Å². The van der Waals surface area contributed by atoms with E-state index in [-0.39, 0.29) is 0 Å². The smallest absolute Gasteiger partial charge is 0.349 e. The minimum absolute atomic E-state index is 0.356. The molecule has 8 atom stereocenters. The summed E-state index contributed by atoms with van der Waals surface area (Å²) in [6, 6.07) is 19.5. The molecule has 6 saturated heterocycles. The topological polar surface area (TPSA) is 73.8 Å². The second kappa shape index (κ2) is 18.3. The van der Waals surface area contributed by atoms with E-state index in [0.29, 0.717) is 47.1 Å². The minimum atomic E-state index is -3.41. The van der Waals surface area contributed by atoms with Gasteiger partial charge in [-0.2, -0.15) is 0 Å². The summed E-state index contributed by atoms with van der Waals surface area (Å²) >= 11 is 1.78. The summed E-state index contributed by atoms with van der Waals surface area (Å²) in [5.74, 6) is 2.58. The standard InChI is InChI=1S/C44H80O8SSi8/c1-35(2)24-55-31-54(23-21-42-17-19-43(20-18-42)44-16-15-22-53-44)45-56(25-36(3)4)32-58(47-55,27-38(7)8)51-61(30-41(13)14)34-60(48-55,29-40(11)12)50-57(46-54,26-37(5)6)33-59(49-56,52-61)28-39(9)10/h15-23,35-41H,24-34H2,1-14H3/b23-21+. The summed E-state index contributed by atoms with van der Waals surface area (Å²) in [5.41, 5.74) is 7.86. The van der Waals surface area contributed by atoms with Crippen LogP contribution in [0.2, 0.25) is 65.0 Å². The highest BCUT2D eigenvalue weighted by molar-refractivity contribution is 7.14. The molecule has 0 radical (unpaired) electrons. The number of hydrogen-bond donors (Lipinski definition) is 0. The van der Waals surface area contributed by atoms with Crippen molar-refractivity contribution >= 4 is 85.9 Å². The average molecular weight is 994 g/mol. The molecule has 8 unspecified atom stereocenters. The van der Waals surface area contributed by atoms with Crippen LogP contribution in [0.3, 0.4) is 0 Å². The first-order valence-corrected chi connectivity index (χ1v) is 42.5. The van der Waals surface area contributed by atoms with Crippen LogP contribution in [0, 0.1) is 41.4 Å². The van der Waals surface area contributed by atoms with Crippen LogP contribution in [0.5, 0.6) is 0 Å². The Morgan fingerprint density at radius 1 is 0.426 bits per heavy atom. The lowest BCUT2D eigenvalue weighted by atomic mass is 10.1. The Morgan fingerprint density at radius 3 is 1.03 bits per heavy atom. The van der Waals surface area contributed by atoms with Crippen molar-refractivity contribution in [3.8, 4) is 10.4 Å². The van der Waals surface area contributed by atoms with Gasteiger partial charge in [0.2, 0.25) is 0 Å². The average Bonchev–Trinajstić information content (AvgIpc) is 3.57. The van der Waals surface area contributed by atoms with E-state index in [1.165, 1.54) is 10.4 Å². The van der Waals surface area contributed by atoms with E-state index in [1.54, 1.807) is 11.3 Å². The summed E-state index contributed by atoms with van der Waals surface area (Å²) in [5, 5.41) is 2.15. The lowest BCUT2D eigenvalue weighted by molar-refractivity contribution is 0.160. The highest BCUT2D eigenvalue weighted by Crippen LogP contribution is 2.59. The summed E-state index contributed by atoms with van der Waals surface area (Å²) < 4.78 is 67.4.